The number of aliphatic hydroxyl groups excluding tert-OH is 1. The topological polar surface area (TPSA) is 95.1 Å². The van der Waals surface area contributed by atoms with Crippen LogP contribution in [0.2, 0.25) is 0 Å². The number of aromatic nitrogens is 2. The van der Waals surface area contributed by atoms with Gasteiger partial charge in [0.2, 0.25) is 0 Å². The van der Waals surface area contributed by atoms with Crippen LogP contribution >= 0.6 is 0 Å². The number of aryl methyl sites for hydroxylation is 1. The van der Waals surface area contributed by atoms with Crippen LogP contribution in [0.25, 0.3) is 0 Å². The van der Waals surface area contributed by atoms with Crippen molar-refractivity contribution in [3.05, 3.63) is 47.2 Å². The first-order valence-electron chi connectivity index (χ1n) is 6.28. The first-order chi connectivity index (χ1) is 9.58. The fourth-order valence-corrected chi connectivity index (χ4v) is 3.09. The maximum Gasteiger partial charge on any atom is 0.258 e. The van der Waals surface area contributed by atoms with E-state index in [1.165, 1.54) is 6.20 Å². The number of sulfonamides is 1. The van der Waals surface area contributed by atoms with Crippen molar-refractivity contribution in [2.24, 2.45) is 0 Å². The largest absolute Gasteiger partial charge is 0.392 e. The van der Waals surface area contributed by atoms with Gasteiger partial charge in [-0.25, -0.2) is 13.1 Å². The maximum atomic E-state index is 12.2. The van der Waals surface area contributed by atoms with Crippen LogP contribution in [-0.4, -0.2) is 23.7 Å². The van der Waals surface area contributed by atoms with E-state index in [4.69, 9.17) is 5.11 Å². The molecule has 1 aromatic carbocycles. The molecule has 2 rings (SSSR count). The Bertz CT molecular complexity index is 680. The molecule has 0 saturated heterocycles. The molecule has 7 heteroatoms. The van der Waals surface area contributed by atoms with Gasteiger partial charge in [0.15, 0.2) is 5.03 Å². The monoisotopic (exact) mass is 295 g/mol. The number of rotatable bonds is 6. The molecular formula is C13H17N3O3S. The van der Waals surface area contributed by atoms with Gasteiger partial charge in [-0.05, 0) is 17.5 Å². The molecule has 0 radical (unpaired) electrons. The smallest absolute Gasteiger partial charge is 0.258 e. The molecule has 6 nitrogen and oxygen atoms in total. The second-order valence-electron chi connectivity index (χ2n) is 4.33. The zero-order chi connectivity index (χ0) is 14.6. The summed E-state index contributed by atoms with van der Waals surface area (Å²) in [5.41, 5.74) is 2.28. The van der Waals surface area contributed by atoms with Gasteiger partial charge in [-0.1, -0.05) is 31.2 Å². The highest BCUT2D eigenvalue weighted by molar-refractivity contribution is 7.89. The van der Waals surface area contributed by atoms with Gasteiger partial charge in [-0.15, -0.1) is 0 Å². The SMILES string of the molecule is CCc1ccccc1CNS(=O)(=O)c1[nH]ncc1CO. The maximum absolute atomic E-state index is 12.2. The van der Waals surface area contributed by atoms with E-state index in [-0.39, 0.29) is 23.7 Å². The van der Waals surface area contributed by atoms with Gasteiger partial charge in [0.05, 0.1) is 12.8 Å². The lowest BCUT2D eigenvalue weighted by atomic mass is 10.1. The predicted molar refractivity (Wildman–Crippen MR) is 74.4 cm³/mol. The molecule has 0 saturated carbocycles. The fraction of sp³-hybridized carbons (Fsp3) is 0.308. The van der Waals surface area contributed by atoms with Crippen LogP contribution in [0.4, 0.5) is 0 Å². The standard InChI is InChI=1S/C13H17N3O3S/c1-2-10-5-3-4-6-11(10)8-15-20(18,19)13-12(9-17)7-14-16-13/h3-7,15,17H,2,8-9H2,1H3,(H,14,16). The summed E-state index contributed by atoms with van der Waals surface area (Å²) in [6, 6.07) is 7.66. The number of aliphatic hydroxyl groups is 1. The van der Waals surface area contributed by atoms with E-state index in [1.807, 2.05) is 31.2 Å². The summed E-state index contributed by atoms with van der Waals surface area (Å²) >= 11 is 0. The quantitative estimate of drug-likeness (QED) is 0.739. The Morgan fingerprint density at radius 2 is 1.95 bits per heavy atom. The van der Waals surface area contributed by atoms with Crippen LogP contribution in [-0.2, 0) is 29.6 Å². The van der Waals surface area contributed by atoms with Crippen molar-refractivity contribution in [1.82, 2.24) is 14.9 Å². The lowest BCUT2D eigenvalue weighted by molar-refractivity contribution is 0.278. The van der Waals surface area contributed by atoms with Crippen molar-refractivity contribution < 1.29 is 13.5 Å². The highest BCUT2D eigenvalue weighted by atomic mass is 32.2. The minimum absolute atomic E-state index is 0.0889. The molecule has 0 amide bonds. The third kappa shape index (κ3) is 3.06. The van der Waals surface area contributed by atoms with Crippen molar-refractivity contribution in [3.8, 4) is 0 Å². The Kier molecular flexibility index (Phi) is 4.53. The molecular weight excluding hydrogens is 278 g/mol. The number of nitrogens with one attached hydrogen (secondary N) is 2. The van der Waals surface area contributed by atoms with Gasteiger partial charge >= 0.3 is 0 Å². The predicted octanol–water partition coefficient (Wildman–Crippen LogP) is 0.943. The number of aromatic amines is 1. The molecule has 0 fully saturated rings. The van der Waals surface area contributed by atoms with Crippen molar-refractivity contribution in [1.29, 1.82) is 0 Å². The van der Waals surface area contributed by atoms with E-state index in [1.54, 1.807) is 0 Å². The second-order valence-corrected chi connectivity index (χ2v) is 6.03. The molecule has 2 aromatic rings. The molecule has 0 aliphatic rings. The zero-order valence-corrected chi connectivity index (χ0v) is 11.9. The molecule has 0 aliphatic heterocycles. The molecule has 0 aliphatic carbocycles. The first-order valence-corrected chi connectivity index (χ1v) is 7.76. The molecule has 20 heavy (non-hydrogen) atoms. The summed E-state index contributed by atoms with van der Waals surface area (Å²) in [5, 5.41) is 15.0. The van der Waals surface area contributed by atoms with E-state index in [9.17, 15) is 8.42 Å². The molecule has 108 valence electrons. The van der Waals surface area contributed by atoms with E-state index in [0.717, 1.165) is 17.5 Å². The lowest BCUT2D eigenvalue weighted by Gasteiger charge is -2.09. The lowest BCUT2D eigenvalue weighted by Crippen LogP contribution is -2.25. The Labute approximate surface area is 117 Å². The molecule has 1 aromatic heterocycles. The number of nitrogens with zero attached hydrogens (tertiary/aromatic N) is 1. The zero-order valence-electron chi connectivity index (χ0n) is 11.1. The second kappa shape index (κ2) is 6.17. The van der Waals surface area contributed by atoms with E-state index in [2.05, 4.69) is 14.9 Å². The molecule has 0 atom stereocenters. The number of hydrogen-bond acceptors (Lipinski definition) is 4. The summed E-state index contributed by atoms with van der Waals surface area (Å²) in [5.74, 6) is 0. The third-order valence-electron chi connectivity index (χ3n) is 3.07. The van der Waals surface area contributed by atoms with Gasteiger partial charge in [0.25, 0.3) is 10.0 Å². The third-order valence-corrected chi connectivity index (χ3v) is 4.48. The molecule has 0 unspecified atom stereocenters. The van der Waals surface area contributed by atoms with Crippen LogP contribution in [0.3, 0.4) is 0 Å². The van der Waals surface area contributed by atoms with Crippen LogP contribution < -0.4 is 4.72 Å². The van der Waals surface area contributed by atoms with E-state index < -0.39 is 10.0 Å². The Hall–Kier alpha value is -1.70. The highest BCUT2D eigenvalue weighted by Crippen LogP contribution is 2.14. The Balaban J connectivity index is 2.18. The van der Waals surface area contributed by atoms with Crippen molar-refractivity contribution in [3.63, 3.8) is 0 Å². The molecule has 0 bridgehead atoms. The Morgan fingerprint density at radius 1 is 1.25 bits per heavy atom. The van der Waals surface area contributed by atoms with Gasteiger partial charge in [0, 0.05) is 12.1 Å². The first kappa shape index (κ1) is 14.7. The van der Waals surface area contributed by atoms with Crippen LogP contribution in [0.5, 0.6) is 0 Å². The number of benzene rings is 1. The van der Waals surface area contributed by atoms with Crippen molar-refractivity contribution >= 4 is 10.0 Å². The molecule has 0 spiro atoms. The van der Waals surface area contributed by atoms with Crippen molar-refractivity contribution in [2.75, 3.05) is 0 Å². The highest BCUT2D eigenvalue weighted by Gasteiger charge is 2.20. The van der Waals surface area contributed by atoms with Gasteiger partial charge < -0.3 is 5.11 Å². The minimum Gasteiger partial charge on any atom is -0.392 e. The number of H-pyrrole nitrogens is 1. The van der Waals surface area contributed by atoms with Crippen molar-refractivity contribution in [2.45, 2.75) is 31.5 Å². The average Bonchev–Trinajstić information content (AvgIpc) is 2.95. The van der Waals surface area contributed by atoms with Crippen LogP contribution in [0, 0.1) is 0 Å². The number of hydrogen-bond donors (Lipinski definition) is 3. The fourth-order valence-electron chi connectivity index (χ4n) is 1.96. The van der Waals surface area contributed by atoms with Gasteiger partial charge in [-0.2, -0.15) is 5.10 Å². The van der Waals surface area contributed by atoms with E-state index >= 15 is 0 Å². The summed E-state index contributed by atoms with van der Waals surface area (Å²) in [7, 11) is -3.71. The van der Waals surface area contributed by atoms with Gasteiger partial charge in [-0.3, -0.25) is 5.10 Å². The molecule has 3 N–H and O–H groups in total. The molecule has 1 heterocycles. The van der Waals surface area contributed by atoms with Gasteiger partial charge in [0.1, 0.15) is 0 Å². The summed E-state index contributed by atoms with van der Waals surface area (Å²) in [6.45, 7) is 1.85. The summed E-state index contributed by atoms with van der Waals surface area (Å²) in [4.78, 5) is 0. The average molecular weight is 295 g/mol. The van der Waals surface area contributed by atoms with E-state index in [0.29, 0.717) is 0 Å². The normalized spacial score (nSPS) is 11.7. The summed E-state index contributed by atoms with van der Waals surface area (Å²) in [6.07, 6.45) is 2.14. The van der Waals surface area contributed by atoms with Crippen LogP contribution in [0.15, 0.2) is 35.5 Å². The summed E-state index contributed by atoms with van der Waals surface area (Å²) < 4.78 is 26.8. The Morgan fingerprint density at radius 3 is 2.60 bits per heavy atom. The minimum atomic E-state index is -3.71. The van der Waals surface area contributed by atoms with Crippen LogP contribution in [0.1, 0.15) is 23.6 Å².